The topological polar surface area (TPSA) is 43.8 Å². The van der Waals surface area contributed by atoms with Gasteiger partial charge < -0.3 is 5.73 Å². The van der Waals surface area contributed by atoms with E-state index in [-0.39, 0.29) is 0 Å². The molecular weight excluding hydrogens is 294 g/mol. The lowest BCUT2D eigenvalue weighted by Gasteiger charge is -2.12. The van der Waals surface area contributed by atoms with Gasteiger partial charge in [-0.1, -0.05) is 18.2 Å². The highest BCUT2D eigenvalue weighted by atomic mass is 15.1. The summed E-state index contributed by atoms with van der Waals surface area (Å²) in [5.41, 5.74) is 13.4. The Morgan fingerprint density at radius 1 is 0.833 bits per heavy atom. The lowest BCUT2D eigenvalue weighted by Crippen LogP contribution is -1.99. The molecule has 1 aromatic heterocycles. The molecule has 0 saturated heterocycles. The number of hydrogen-bond donors (Lipinski definition) is 1. The van der Waals surface area contributed by atoms with Gasteiger partial charge in [-0.25, -0.2) is 4.98 Å². The van der Waals surface area contributed by atoms with E-state index in [9.17, 15) is 0 Å². The lowest BCUT2D eigenvalue weighted by atomic mass is 10.1. The number of nitrogens with zero attached hydrogens (tertiary/aromatic N) is 2. The molecular formula is C21H19N3. The summed E-state index contributed by atoms with van der Waals surface area (Å²) in [6, 6.07) is 22.6. The fourth-order valence-electron chi connectivity index (χ4n) is 2.98. The minimum Gasteiger partial charge on any atom is -0.399 e. The van der Waals surface area contributed by atoms with Gasteiger partial charge in [0.25, 0.3) is 0 Å². The number of nitrogen functional groups attached to an aromatic ring is 1. The Hall–Kier alpha value is -3.07. The van der Waals surface area contributed by atoms with Crippen molar-refractivity contribution in [1.82, 2.24) is 9.55 Å². The molecule has 0 fully saturated rings. The Morgan fingerprint density at radius 3 is 2.33 bits per heavy atom. The van der Waals surface area contributed by atoms with Crippen LogP contribution in [0.1, 0.15) is 11.1 Å². The highest BCUT2D eigenvalue weighted by molar-refractivity contribution is 5.83. The number of aryl methyl sites for hydroxylation is 2. The monoisotopic (exact) mass is 313 g/mol. The summed E-state index contributed by atoms with van der Waals surface area (Å²) in [4.78, 5) is 4.86. The van der Waals surface area contributed by atoms with Crippen molar-refractivity contribution in [3.8, 4) is 17.1 Å². The second-order valence-electron chi connectivity index (χ2n) is 6.15. The van der Waals surface area contributed by atoms with Gasteiger partial charge in [0, 0.05) is 16.9 Å². The lowest BCUT2D eigenvalue weighted by molar-refractivity contribution is 1.09. The maximum atomic E-state index is 5.84. The summed E-state index contributed by atoms with van der Waals surface area (Å²) in [5, 5.41) is 0. The maximum Gasteiger partial charge on any atom is 0.145 e. The third-order valence-electron chi connectivity index (χ3n) is 4.48. The first-order chi connectivity index (χ1) is 11.6. The summed E-state index contributed by atoms with van der Waals surface area (Å²) in [6.07, 6.45) is 0. The van der Waals surface area contributed by atoms with Gasteiger partial charge in [-0.15, -0.1) is 0 Å². The first kappa shape index (κ1) is 14.5. The van der Waals surface area contributed by atoms with Crippen molar-refractivity contribution >= 4 is 16.7 Å². The quantitative estimate of drug-likeness (QED) is 0.535. The first-order valence-corrected chi connectivity index (χ1v) is 8.04. The molecule has 4 aromatic rings. The second kappa shape index (κ2) is 5.53. The third kappa shape index (κ3) is 2.35. The minimum atomic E-state index is 0.757. The van der Waals surface area contributed by atoms with E-state index in [0.29, 0.717) is 0 Å². The number of hydrogen-bond acceptors (Lipinski definition) is 2. The Balaban J connectivity index is 2.03. The Labute approximate surface area is 141 Å². The van der Waals surface area contributed by atoms with Crippen LogP contribution in [0.3, 0.4) is 0 Å². The third-order valence-corrected chi connectivity index (χ3v) is 4.48. The molecule has 0 aliphatic carbocycles. The van der Waals surface area contributed by atoms with Crippen molar-refractivity contribution < 1.29 is 0 Å². The van der Waals surface area contributed by atoms with Crippen LogP contribution in [0, 0.1) is 13.8 Å². The molecule has 4 rings (SSSR count). The Bertz CT molecular complexity index is 1030. The molecule has 1 heterocycles. The average Bonchev–Trinajstić information content (AvgIpc) is 2.97. The average molecular weight is 313 g/mol. The highest BCUT2D eigenvalue weighted by Gasteiger charge is 2.14. The summed E-state index contributed by atoms with van der Waals surface area (Å²) < 4.78 is 2.22. The number of anilines is 1. The van der Waals surface area contributed by atoms with Crippen molar-refractivity contribution in [2.75, 3.05) is 5.73 Å². The van der Waals surface area contributed by atoms with Crippen LogP contribution in [0.25, 0.3) is 28.1 Å². The molecule has 118 valence electrons. The maximum absolute atomic E-state index is 5.84. The summed E-state index contributed by atoms with van der Waals surface area (Å²) in [6.45, 7) is 4.27. The highest BCUT2D eigenvalue weighted by Crippen LogP contribution is 2.29. The van der Waals surface area contributed by atoms with Crippen LogP contribution >= 0.6 is 0 Å². The minimum absolute atomic E-state index is 0.757. The zero-order valence-corrected chi connectivity index (χ0v) is 13.8. The molecule has 0 bridgehead atoms. The number of nitrogens with two attached hydrogens (primary N) is 1. The molecule has 0 spiro atoms. The summed E-state index contributed by atoms with van der Waals surface area (Å²) in [7, 11) is 0. The van der Waals surface area contributed by atoms with Crippen LogP contribution < -0.4 is 5.73 Å². The van der Waals surface area contributed by atoms with Crippen LogP contribution in [0.4, 0.5) is 5.69 Å². The van der Waals surface area contributed by atoms with Crippen molar-refractivity contribution in [1.29, 1.82) is 0 Å². The summed E-state index contributed by atoms with van der Waals surface area (Å²) >= 11 is 0. The van der Waals surface area contributed by atoms with Crippen LogP contribution in [0.2, 0.25) is 0 Å². The summed E-state index contributed by atoms with van der Waals surface area (Å²) in [5.74, 6) is 0.930. The largest absolute Gasteiger partial charge is 0.399 e. The number of fused-ring (bicyclic) bond motifs is 1. The van der Waals surface area contributed by atoms with Gasteiger partial charge in [0.05, 0.1) is 11.0 Å². The number of para-hydroxylation sites is 2. The van der Waals surface area contributed by atoms with Gasteiger partial charge in [0.2, 0.25) is 0 Å². The molecule has 2 N–H and O–H groups in total. The molecule has 3 nitrogen and oxygen atoms in total. The van der Waals surface area contributed by atoms with E-state index >= 15 is 0 Å². The predicted molar refractivity (Wildman–Crippen MR) is 100 cm³/mol. The molecule has 0 saturated carbocycles. The van der Waals surface area contributed by atoms with E-state index in [1.54, 1.807) is 0 Å². The molecule has 24 heavy (non-hydrogen) atoms. The van der Waals surface area contributed by atoms with E-state index in [1.165, 1.54) is 11.1 Å². The molecule has 3 aromatic carbocycles. The zero-order valence-electron chi connectivity index (χ0n) is 13.8. The van der Waals surface area contributed by atoms with Crippen molar-refractivity contribution in [2.24, 2.45) is 0 Å². The molecule has 0 aliphatic heterocycles. The molecule has 0 aliphatic rings. The van der Waals surface area contributed by atoms with Gasteiger partial charge in [0.1, 0.15) is 5.82 Å². The molecule has 0 radical (unpaired) electrons. The van der Waals surface area contributed by atoms with E-state index in [1.807, 2.05) is 42.5 Å². The zero-order chi connectivity index (χ0) is 16.7. The first-order valence-electron chi connectivity index (χ1n) is 8.04. The van der Waals surface area contributed by atoms with E-state index in [0.717, 1.165) is 33.8 Å². The van der Waals surface area contributed by atoms with Crippen molar-refractivity contribution in [2.45, 2.75) is 13.8 Å². The molecule has 0 amide bonds. The van der Waals surface area contributed by atoms with E-state index < -0.39 is 0 Å². The van der Waals surface area contributed by atoms with Crippen LogP contribution in [0.15, 0.2) is 66.7 Å². The van der Waals surface area contributed by atoms with Crippen LogP contribution in [-0.4, -0.2) is 9.55 Å². The predicted octanol–water partition coefficient (Wildman–Crippen LogP) is 4.89. The van der Waals surface area contributed by atoms with E-state index in [4.69, 9.17) is 10.7 Å². The number of benzene rings is 3. The normalized spacial score (nSPS) is 11.1. The molecule has 0 atom stereocenters. The number of imidazole rings is 1. The molecule has 0 unspecified atom stereocenters. The van der Waals surface area contributed by atoms with Crippen molar-refractivity contribution in [3.63, 3.8) is 0 Å². The SMILES string of the molecule is Cc1ccc(-n2c(-c3ccc(N)cc3)nc3ccccc32)cc1C. The van der Waals surface area contributed by atoms with Crippen LogP contribution in [0.5, 0.6) is 0 Å². The van der Waals surface area contributed by atoms with Crippen molar-refractivity contribution in [3.05, 3.63) is 77.9 Å². The van der Waals surface area contributed by atoms with Gasteiger partial charge in [-0.05, 0) is 73.5 Å². The smallest absolute Gasteiger partial charge is 0.145 e. The van der Waals surface area contributed by atoms with Crippen LogP contribution in [-0.2, 0) is 0 Å². The standard InChI is InChI=1S/C21H19N3/c1-14-7-12-18(13-15(14)2)24-20-6-4-3-5-19(20)23-21(24)16-8-10-17(22)11-9-16/h3-13H,22H2,1-2H3. The molecule has 3 heteroatoms. The Morgan fingerprint density at radius 2 is 1.58 bits per heavy atom. The van der Waals surface area contributed by atoms with Gasteiger partial charge in [-0.2, -0.15) is 0 Å². The second-order valence-corrected chi connectivity index (χ2v) is 6.15. The van der Waals surface area contributed by atoms with Gasteiger partial charge >= 0.3 is 0 Å². The Kier molecular flexibility index (Phi) is 3.35. The fraction of sp³-hybridized carbons (Fsp3) is 0.0952. The number of rotatable bonds is 2. The van der Waals surface area contributed by atoms with Gasteiger partial charge in [0.15, 0.2) is 0 Å². The van der Waals surface area contributed by atoms with E-state index in [2.05, 4.69) is 42.7 Å². The van der Waals surface area contributed by atoms with Gasteiger partial charge in [-0.3, -0.25) is 4.57 Å². The number of aromatic nitrogens is 2. The fourth-order valence-corrected chi connectivity index (χ4v) is 2.98.